The summed E-state index contributed by atoms with van der Waals surface area (Å²) in [5.41, 5.74) is 0. The van der Waals surface area contributed by atoms with Crippen LogP contribution in [0.2, 0.25) is 0 Å². The summed E-state index contributed by atoms with van der Waals surface area (Å²) in [4.78, 5) is 0. The Bertz CT molecular complexity index is 527. The fourth-order valence-corrected chi connectivity index (χ4v) is 5.63. The molecule has 0 radical (unpaired) electrons. The van der Waals surface area contributed by atoms with Gasteiger partial charge in [0.05, 0.1) is 6.61 Å². The fraction of sp³-hybridized carbons (Fsp3) is 1.00. The van der Waals surface area contributed by atoms with Crippen LogP contribution in [0.15, 0.2) is 0 Å². The van der Waals surface area contributed by atoms with Gasteiger partial charge in [-0.3, -0.25) is 0 Å². The molecular weight excluding hydrogens is 360 g/mol. The summed E-state index contributed by atoms with van der Waals surface area (Å²) in [6.07, 6.45) is 12.3. The Hall–Kier alpha value is -0.240. The largest absolute Gasteiger partial charge is 0.372 e. The highest BCUT2D eigenvalue weighted by Gasteiger charge is 2.61. The molecule has 160 valence electrons. The van der Waals surface area contributed by atoms with E-state index in [0.717, 1.165) is 58.0 Å². The summed E-state index contributed by atoms with van der Waals surface area (Å²) >= 11 is 0. The van der Waals surface area contributed by atoms with E-state index in [-0.39, 0.29) is 30.7 Å². The highest BCUT2D eigenvalue weighted by Crippen LogP contribution is 2.48. The van der Waals surface area contributed by atoms with E-state index in [1.807, 2.05) is 0 Å². The number of hydrogen-bond donors (Lipinski definition) is 0. The third kappa shape index (κ3) is 3.65. The first kappa shape index (κ1) is 19.7. The number of rotatable bonds is 5. The Balaban J connectivity index is 1.28. The van der Waals surface area contributed by atoms with Crippen molar-refractivity contribution in [3.8, 4) is 0 Å². The van der Waals surface area contributed by atoms with Crippen LogP contribution in [0.3, 0.4) is 0 Å². The van der Waals surface area contributed by atoms with Crippen molar-refractivity contribution in [3.63, 3.8) is 0 Å². The maximum atomic E-state index is 6.52. The van der Waals surface area contributed by atoms with Gasteiger partial charge in [-0.2, -0.15) is 0 Å². The van der Waals surface area contributed by atoms with Crippen LogP contribution in [0.5, 0.6) is 0 Å². The van der Waals surface area contributed by atoms with Gasteiger partial charge < -0.3 is 28.4 Å². The molecule has 0 N–H and O–H groups in total. The van der Waals surface area contributed by atoms with Crippen LogP contribution in [0.4, 0.5) is 0 Å². The summed E-state index contributed by atoms with van der Waals surface area (Å²) in [5, 5.41) is 0. The van der Waals surface area contributed by atoms with Crippen LogP contribution < -0.4 is 0 Å². The first-order valence-corrected chi connectivity index (χ1v) is 11.7. The van der Waals surface area contributed by atoms with Crippen LogP contribution in [0.25, 0.3) is 0 Å². The Morgan fingerprint density at radius 3 is 2.25 bits per heavy atom. The third-order valence-corrected chi connectivity index (χ3v) is 7.17. The number of unbranched alkanes of at least 4 members (excludes halogenated alkanes) is 1. The van der Waals surface area contributed by atoms with E-state index in [4.69, 9.17) is 28.4 Å². The molecule has 5 aliphatic rings. The van der Waals surface area contributed by atoms with Crippen molar-refractivity contribution >= 4 is 0 Å². The topological polar surface area (TPSA) is 55.4 Å². The van der Waals surface area contributed by atoms with E-state index in [0.29, 0.717) is 6.61 Å². The van der Waals surface area contributed by atoms with Gasteiger partial charge in [-0.05, 0) is 32.1 Å². The van der Waals surface area contributed by atoms with Crippen LogP contribution >= 0.6 is 0 Å². The summed E-state index contributed by atoms with van der Waals surface area (Å²) < 4.78 is 38.2. The van der Waals surface area contributed by atoms with Gasteiger partial charge in [-0.25, -0.2) is 0 Å². The van der Waals surface area contributed by atoms with Crippen molar-refractivity contribution in [3.05, 3.63) is 0 Å². The summed E-state index contributed by atoms with van der Waals surface area (Å²) in [7, 11) is 0. The molecule has 6 nitrogen and oxygen atoms in total. The minimum atomic E-state index is -0.456. The van der Waals surface area contributed by atoms with Crippen molar-refractivity contribution < 1.29 is 28.4 Å². The average Bonchev–Trinajstić information content (AvgIpc) is 3.36. The zero-order chi connectivity index (χ0) is 19.0. The summed E-state index contributed by atoms with van der Waals surface area (Å²) in [6, 6.07) is 0. The smallest absolute Gasteiger partial charge is 0.190 e. The normalized spacial score (nSPS) is 41.7. The lowest BCUT2D eigenvalue weighted by atomic mass is 9.94. The van der Waals surface area contributed by atoms with Crippen molar-refractivity contribution in [2.45, 2.75) is 126 Å². The molecule has 0 bridgehead atoms. The lowest BCUT2D eigenvalue weighted by Crippen LogP contribution is -2.46. The van der Waals surface area contributed by atoms with Crippen LogP contribution in [-0.4, -0.2) is 55.5 Å². The maximum absolute atomic E-state index is 6.52. The molecule has 2 spiro atoms. The highest BCUT2D eigenvalue weighted by atomic mass is 16.9. The molecule has 5 rings (SSSR count). The van der Waals surface area contributed by atoms with Gasteiger partial charge in [0.2, 0.25) is 0 Å². The quantitative estimate of drug-likeness (QED) is 0.654. The standard InChI is InChI=1S/C22H36O6/c1-2-3-14-23-18-17(16-15-24-21(26-16)10-6-4-7-11-21)25-20-19(18)27-22(28-20)12-8-5-9-13-22/h16-20H,2-15H2,1H3/t16-,17-,18+,19+,20-/m0/s1. The van der Waals surface area contributed by atoms with Gasteiger partial charge in [-0.15, -0.1) is 0 Å². The van der Waals surface area contributed by atoms with Crippen molar-refractivity contribution in [1.29, 1.82) is 0 Å². The van der Waals surface area contributed by atoms with Crippen molar-refractivity contribution in [1.82, 2.24) is 0 Å². The SMILES string of the molecule is CCCCO[C@@H]1[C@H]([C@@H]2COC3(CCCCC3)O2)O[C@H]2OC3(CCCCC3)O[C@@H]21. The van der Waals surface area contributed by atoms with Crippen LogP contribution in [0, 0.1) is 0 Å². The molecule has 2 saturated carbocycles. The fourth-order valence-electron chi connectivity index (χ4n) is 5.63. The van der Waals surface area contributed by atoms with Crippen LogP contribution in [0.1, 0.15) is 84.0 Å². The van der Waals surface area contributed by atoms with E-state index in [1.165, 1.54) is 25.7 Å². The van der Waals surface area contributed by atoms with Crippen LogP contribution in [-0.2, 0) is 28.4 Å². The summed E-state index contributed by atoms with van der Waals surface area (Å²) in [5.74, 6) is -0.854. The molecular formula is C22H36O6. The molecule has 2 aliphatic carbocycles. The van der Waals surface area contributed by atoms with Gasteiger partial charge in [0.1, 0.15) is 24.4 Å². The van der Waals surface area contributed by atoms with Gasteiger partial charge >= 0.3 is 0 Å². The Kier molecular flexibility index (Phi) is 5.72. The lowest BCUT2D eigenvalue weighted by Gasteiger charge is -2.35. The molecule has 3 heterocycles. The van der Waals surface area contributed by atoms with Gasteiger partial charge in [-0.1, -0.05) is 26.2 Å². The second-order valence-electron chi connectivity index (χ2n) is 9.27. The Morgan fingerprint density at radius 1 is 0.821 bits per heavy atom. The van der Waals surface area contributed by atoms with Gasteiger partial charge in [0.25, 0.3) is 0 Å². The van der Waals surface area contributed by atoms with E-state index < -0.39 is 11.6 Å². The first-order valence-electron chi connectivity index (χ1n) is 11.7. The minimum Gasteiger partial charge on any atom is -0.372 e. The molecule has 5 fully saturated rings. The Morgan fingerprint density at radius 2 is 1.54 bits per heavy atom. The molecule has 3 aliphatic heterocycles. The molecule has 0 aromatic rings. The summed E-state index contributed by atoms with van der Waals surface area (Å²) in [6.45, 7) is 3.48. The second-order valence-corrected chi connectivity index (χ2v) is 9.27. The predicted molar refractivity (Wildman–Crippen MR) is 102 cm³/mol. The number of ether oxygens (including phenoxy) is 6. The third-order valence-electron chi connectivity index (χ3n) is 7.17. The molecule has 0 unspecified atom stereocenters. The second kappa shape index (κ2) is 8.12. The molecule has 0 aromatic carbocycles. The highest BCUT2D eigenvalue weighted by molar-refractivity contribution is 5.01. The van der Waals surface area contributed by atoms with Crippen molar-refractivity contribution in [2.75, 3.05) is 13.2 Å². The first-order chi connectivity index (χ1) is 13.7. The molecule has 28 heavy (non-hydrogen) atoms. The Labute approximate surface area is 168 Å². The van der Waals surface area contributed by atoms with Crippen molar-refractivity contribution in [2.24, 2.45) is 0 Å². The lowest BCUT2D eigenvalue weighted by molar-refractivity contribution is -0.262. The minimum absolute atomic E-state index is 0.107. The maximum Gasteiger partial charge on any atom is 0.190 e. The monoisotopic (exact) mass is 396 g/mol. The average molecular weight is 397 g/mol. The van der Waals surface area contributed by atoms with Gasteiger partial charge in [0.15, 0.2) is 17.9 Å². The predicted octanol–water partition coefficient (Wildman–Crippen LogP) is 4.05. The van der Waals surface area contributed by atoms with Gasteiger partial charge in [0, 0.05) is 32.3 Å². The van der Waals surface area contributed by atoms with E-state index in [2.05, 4.69) is 6.92 Å². The number of fused-ring (bicyclic) bond motifs is 1. The molecule has 0 amide bonds. The molecule has 0 aromatic heterocycles. The van der Waals surface area contributed by atoms with E-state index in [9.17, 15) is 0 Å². The zero-order valence-electron chi connectivity index (χ0n) is 17.2. The number of hydrogen-bond acceptors (Lipinski definition) is 6. The molecule has 3 saturated heterocycles. The van der Waals surface area contributed by atoms with E-state index in [1.54, 1.807) is 0 Å². The molecule has 5 atom stereocenters. The van der Waals surface area contributed by atoms with E-state index >= 15 is 0 Å². The zero-order valence-corrected chi connectivity index (χ0v) is 17.2. The molecule has 6 heteroatoms.